The molecule has 0 aliphatic rings. The predicted molar refractivity (Wildman–Crippen MR) is 82.7 cm³/mol. The highest BCUT2D eigenvalue weighted by atomic mass is 32.1. The van der Waals surface area contributed by atoms with Crippen LogP contribution in [0.2, 0.25) is 0 Å². The number of benzene rings is 1. The minimum atomic E-state index is -0.459. The normalized spacial score (nSPS) is 10.4. The van der Waals surface area contributed by atoms with Gasteiger partial charge in [0.1, 0.15) is 0 Å². The van der Waals surface area contributed by atoms with Gasteiger partial charge in [-0.15, -0.1) is 11.3 Å². The molecule has 0 aliphatic heterocycles. The molecule has 1 amide bonds. The number of non-ortho nitro benzene ring substituents is 1. The summed E-state index contributed by atoms with van der Waals surface area (Å²) in [6.45, 7) is 4.27. The Morgan fingerprint density at radius 3 is 2.52 bits per heavy atom. The van der Waals surface area contributed by atoms with Gasteiger partial charge in [-0.3, -0.25) is 14.9 Å². The van der Waals surface area contributed by atoms with E-state index in [1.165, 1.54) is 23.1 Å². The van der Waals surface area contributed by atoms with Gasteiger partial charge in [0.2, 0.25) is 0 Å². The lowest BCUT2D eigenvalue weighted by Crippen LogP contribution is -2.26. The highest BCUT2D eigenvalue weighted by Gasteiger charge is 2.17. The molecule has 2 rings (SSSR count). The zero-order valence-corrected chi connectivity index (χ0v) is 12.9. The van der Waals surface area contributed by atoms with Crippen LogP contribution in [0.15, 0.2) is 30.3 Å². The molecule has 110 valence electrons. The number of hydrogen-bond acceptors (Lipinski definition) is 4. The van der Waals surface area contributed by atoms with Crippen molar-refractivity contribution in [3.63, 3.8) is 0 Å². The molecule has 1 heterocycles. The molecule has 0 atom stereocenters. The van der Waals surface area contributed by atoms with Gasteiger partial charge in [0.05, 0.1) is 11.5 Å². The molecular formula is C15H16N2O3S. The SMILES string of the molecule is Cc1ccc(CN(C)C(=O)c2ccc([N+](=O)[O-])cc2C)s1. The largest absolute Gasteiger partial charge is 0.337 e. The number of nitrogens with zero attached hydrogens (tertiary/aromatic N) is 2. The molecule has 0 radical (unpaired) electrons. The Hall–Kier alpha value is -2.21. The first-order valence-corrected chi connectivity index (χ1v) is 7.26. The molecule has 0 saturated heterocycles. The third kappa shape index (κ3) is 3.46. The number of thiophene rings is 1. The Kier molecular flexibility index (Phi) is 4.37. The van der Waals surface area contributed by atoms with E-state index in [0.717, 1.165) is 4.88 Å². The molecule has 0 spiro atoms. The van der Waals surface area contributed by atoms with Crippen molar-refractivity contribution in [2.24, 2.45) is 0 Å². The lowest BCUT2D eigenvalue weighted by Gasteiger charge is -2.17. The molecular weight excluding hydrogens is 288 g/mol. The summed E-state index contributed by atoms with van der Waals surface area (Å²) in [5.41, 5.74) is 1.11. The van der Waals surface area contributed by atoms with E-state index in [0.29, 0.717) is 17.7 Å². The fourth-order valence-electron chi connectivity index (χ4n) is 2.08. The third-order valence-electron chi connectivity index (χ3n) is 3.19. The minimum Gasteiger partial charge on any atom is -0.337 e. The highest BCUT2D eigenvalue weighted by molar-refractivity contribution is 7.11. The van der Waals surface area contributed by atoms with Gasteiger partial charge in [-0.2, -0.15) is 0 Å². The number of hydrogen-bond donors (Lipinski definition) is 0. The zero-order valence-electron chi connectivity index (χ0n) is 12.1. The standard InChI is InChI=1S/C15H16N2O3S/c1-10-8-12(17(19)20)5-7-14(10)15(18)16(3)9-13-6-4-11(2)21-13/h4-8H,9H2,1-3H3. The van der Waals surface area contributed by atoms with Gasteiger partial charge in [0, 0.05) is 34.5 Å². The second-order valence-electron chi connectivity index (χ2n) is 4.93. The van der Waals surface area contributed by atoms with E-state index in [-0.39, 0.29) is 11.6 Å². The number of aryl methyl sites for hydroxylation is 2. The van der Waals surface area contributed by atoms with Crippen molar-refractivity contribution in [3.8, 4) is 0 Å². The Bertz CT molecular complexity index is 694. The number of rotatable bonds is 4. The van der Waals surface area contributed by atoms with E-state index in [4.69, 9.17) is 0 Å². The van der Waals surface area contributed by atoms with E-state index in [1.807, 2.05) is 19.1 Å². The van der Waals surface area contributed by atoms with Crippen LogP contribution < -0.4 is 0 Å². The fourth-order valence-corrected chi connectivity index (χ4v) is 3.03. The van der Waals surface area contributed by atoms with Crippen LogP contribution in [0.5, 0.6) is 0 Å². The van der Waals surface area contributed by atoms with E-state index < -0.39 is 4.92 Å². The Morgan fingerprint density at radius 1 is 1.29 bits per heavy atom. The first-order valence-electron chi connectivity index (χ1n) is 6.44. The maximum Gasteiger partial charge on any atom is 0.269 e. The first-order chi connectivity index (χ1) is 9.88. The van der Waals surface area contributed by atoms with Crippen molar-refractivity contribution in [2.75, 3.05) is 7.05 Å². The lowest BCUT2D eigenvalue weighted by molar-refractivity contribution is -0.384. The lowest BCUT2D eigenvalue weighted by atomic mass is 10.1. The molecule has 5 nitrogen and oxygen atoms in total. The third-order valence-corrected chi connectivity index (χ3v) is 4.17. The van der Waals surface area contributed by atoms with E-state index >= 15 is 0 Å². The van der Waals surface area contributed by atoms with Gasteiger partial charge in [0.25, 0.3) is 11.6 Å². The monoisotopic (exact) mass is 304 g/mol. The van der Waals surface area contributed by atoms with Crippen LogP contribution >= 0.6 is 11.3 Å². The molecule has 0 aliphatic carbocycles. The fraction of sp³-hybridized carbons (Fsp3) is 0.267. The summed E-state index contributed by atoms with van der Waals surface area (Å²) in [5, 5.41) is 10.7. The van der Waals surface area contributed by atoms with Crippen molar-refractivity contribution in [1.29, 1.82) is 0 Å². The number of nitro groups is 1. The van der Waals surface area contributed by atoms with Gasteiger partial charge < -0.3 is 4.90 Å². The summed E-state index contributed by atoms with van der Waals surface area (Å²) in [6.07, 6.45) is 0. The quantitative estimate of drug-likeness (QED) is 0.641. The maximum atomic E-state index is 12.4. The molecule has 0 N–H and O–H groups in total. The second kappa shape index (κ2) is 6.05. The number of carbonyl (C=O) groups is 1. The van der Waals surface area contributed by atoms with Crippen LogP contribution in [0.25, 0.3) is 0 Å². The number of carbonyl (C=O) groups excluding carboxylic acids is 1. The molecule has 21 heavy (non-hydrogen) atoms. The summed E-state index contributed by atoms with van der Waals surface area (Å²) in [7, 11) is 1.73. The minimum absolute atomic E-state index is 0.000541. The van der Waals surface area contributed by atoms with Gasteiger partial charge in [-0.1, -0.05) is 0 Å². The molecule has 0 fully saturated rings. The summed E-state index contributed by atoms with van der Waals surface area (Å²) in [4.78, 5) is 26.6. The maximum absolute atomic E-state index is 12.4. The summed E-state index contributed by atoms with van der Waals surface area (Å²) in [5.74, 6) is -0.131. The van der Waals surface area contributed by atoms with Crippen molar-refractivity contribution in [2.45, 2.75) is 20.4 Å². The smallest absolute Gasteiger partial charge is 0.269 e. The average Bonchev–Trinajstić information content (AvgIpc) is 2.83. The summed E-state index contributed by atoms with van der Waals surface area (Å²) >= 11 is 1.66. The van der Waals surface area contributed by atoms with Gasteiger partial charge >= 0.3 is 0 Å². The zero-order chi connectivity index (χ0) is 15.6. The van der Waals surface area contributed by atoms with E-state index in [9.17, 15) is 14.9 Å². The topological polar surface area (TPSA) is 63.5 Å². The van der Waals surface area contributed by atoms with Crippen molar-refractivity contribution in [3.05, 3.63) is 61.3 Å². The highest BCUT2D eigenvalue weighted by Crippen LogP contribution is 2.21. The Balaban J connectivity index is 2.17. The van der Waals surface area contributed by atoms with Crippen LogP contribution in [0, 0.1) is 24.0 Å². The van der Waals surface area contributed by atoms with Crippen molar-refractivity contribution >= 4 is 22.9 Å². The number of amides is 1. The van der Waals surface area contributed by atoms with Crippen molar-refractivity contribution < 1.29 is 9.72 Å². The summed E-state index contributed by atoms with van der Waals surface area (Å²) < 4.78 is 0. The van der Waals surface area contributed by atoms with Crippen LogP contribution in [0.4, 0.5) is 5.69 Å². The van der Waals surface area contributed by atoms with Crippen LogP contribution in [0.3, 0.4) is 0 Å². The molecule has 2 aromatic rings. The average molecular weight is 304 g/mol. The van der Waals surface area contributed by atoms with Gasteiger partial charge in [-0.05, 0) is 37.6 Å². The van der Waals surface area contributed by atoms with Gasteiger partial charge in [-0.25, -0.2) is 0 Å². The second-order valence-corrected chi connectivity index (χ2v) is 6.30. The molecule has 1 aromatic carbocycles. The van der Waals surface area contributed by atoms with Crippen molar-refractivity contribution in [1.82, 2.24) is 4.90 Å². The van der Waals surface area contributed by atoms with E-state index in [2.05, 4.69) is 0 Å². The Morgan fingerprint density at radius 2 is 2.00 bits per heavy atom. The van der Waals surface area contributed by atoms with Crippen LogP contribution in [0.1, 0.15) is 25.7 Å². The van der Waals surface area contributed by atoms with Gasteiger partial charge in [0.15, 0.2) is 0 Å². The molecule has 6 heteroatoms. The van der Waals surface area contributed by atoms with Crippen LogP contribution in [-0.4, -0.2) is 22.8 Å². The molecule has 0 saturated carbocycles. The molecule has 0 unspecified atom stereocenters. The van der Waals surface area contributed by atoms with E-state index in [1.54, 1.807) is 30.2 Å². The predicted octanol–water partition coefficient (Wildman–Crippen LogP) is 3.55. The first kappa shape index (κ1) is 15.2. The number of nitro benzene ring substituents is 1. The van der Waals surface area contributed by atoms with Crippen LogP contribution in [-0.2, 0) is 6.54 Å². The molecule has 1 aromatic heterocycles. The summed E-state index contributed by atoms with van der Waals surface area (Å²) in [6, 6.07) is 8.34. The Labute approximate surface area is 127 Å². The molecule has 0 bridgehead atoms.